The first kappa shape index (κ1) is 16.8. The van der Waals surface area contributed by atoms with Gasteiger partial charge in [0.05, 0.1) is 18.6 Å². The topological polar surface area (TPSA) is 72.8 Å². The van der Waals surface area contributed by atoms with Gasteiger partial charge in [0.1, 0.15) is 5.75 Å². The second kappa shape index (κ2) is 6.96. The fraction of sp³-hybridized carbons (Fsp3) is 0.385. The molecule has 1 atom stereocenters. The largest absolute Gasteiger partial charge is 0.508 e. The lowest BCUT2D eigenvalue weighted by atomic mass is 10.2. The molecule has 0 spiro atoms. The number of carbonyl (C=O) groups is 2. The molecule has 8 heteroatoms. The summed E-state index contributed by atoms with van der Waals surface area (Å²) in [5.74, 6) is -2.51. The van der Waals surface area contributed by atoms with Crippen LogP contribution in [0, 0.1) is 0 Å². The number of halogens is 3. The van der Waals surface area contributed by atoms with Crippen LogP contribution in [-0.4, -0.2) is 35.9 Å². The molecule has 21 heavy (non-hydrogen) atoms. The first-order valence-electron chi connectivity index (χ1n) is 5.96. The van der Waals surface area contributed by atoms with Gasteiger partial charge in [0.2, 0.25) is 6.10 Å². The summed E-state index contributed by atoms with van der Waals surface area (Å²) >= 11 is 0. The molecule has 0 heterocycles. The molecule has 0 saturated heterocycles. The lowest BCUT2D eigenvalue weighted by Crippen LogP contribution is -2.36. The van der Waals surface area contributed by atoms with E-state index in [0.717, 1.165) is 24.3 Å². The number of esters is 2. The minimum Gasteiger partial charge on any atom is -0.508 e. The molecule has 0 bridgehead atoms. The fourth-order valence-corrected chi connectivity index (χ4v) is 1.39. The Kier molecular flexibility index (Phi) is 5.57. The van der Waals surface area contributed by atoms with Gasteiger partial charge in [-0.2, -0.15) is 13.2 Å². The summed E-state index contributed by atoms with van der Waals surface area (Å²) in [5, 5.41) is 9.03. The second-order valence-electron chi connectivity index (χ2n) is 3.99. The molecule has 0 saturated carbocycles. The molecule has 0 amide bonds. The lowest BCUT2D eigenvalue weighted by molar-refractivity contribution is -0.209. The van der Waals surface area contributed by atoms with Gasteiger partial charge >= 0.3 is 18.1 Å². The summed E-state index contributed by atoms with van der Waals surface area (Å²) in [5.41, 5.74) is -0.175. The van der Waals surface area contributed by atoms with E-state index in [2.05, 4.69) is 9.47 Å². The monoisotopic (exact) mass is 306 g/mol. The molecule has 0 radical (unpaired) electrons. The number of aromatic hydroxyl groups is 1. The molecule has 1 aromatic rings. The zero-order valence-electron chi connectivity index (χ0n) is 11.0. The molecule has 0 fully saturated rings. The predicted molar refractivity (Wildman–Crippen MR) is 64.6 cm³/mol. The van der Waals surface area contributed by atoms with Crippen molar-refractivity contribution in [3.63, 3.8) is 0 Å². The first-order valence-corrected chi connectivity index (χ1v) is 5.96. The van der Waals surface area contributed by atoms with Crippen molar-refractivity contribution in [2.75, 3.05) is 6.61 Å². The third-order valence-electron chi connectivity index (χ3n) is 2.37. The molecule has 116 valence electrons. The van der Waals surface area contributed by atoms with Gasteiger partial charge < -0.3 is 14.6 Å². The fourth-order valence-electron chi connectivity index (χ4n) is 1.39. The summed E-state index contributed by atoms with van der Waals surface area (Å²) in [6.45, 7) is 1.37. The Bertz CT molecular complexity index is 496. The molecule has 1 aromatic carbocycles. The molecule has 0 aliphatic carbocycles. The van der Waals surface area contributed by atoms with Crippen molar-refractivity contribution >= 4 is 11.9 Å². The third kappa shape index (κ3) is 5.33. The standard InChI is InChI=1S/C13H13F3O5/c1-2-20-11(18)7-10(13(14,15)16)21-12(19)8-3-5-9(17)6-4-8/h3-6,10,17H,2,7H2,1H3. The highest BCUT2D eigenvalue weighted by Gasteiger charge is 2.44. The van der Waals surface area contributed by atoms with Crippen molar-refractivity contribution in [2.45, 2.75) is 25.6 Å². The molecule has 5 nitrogen and oxygen atoms in total. The van der Waals surface area contributed by atoms with Crippen LogP contribution in [0.5, 0.6) is 5.75 Å². The highest BCUT2D eigenvalue weighted by molar-refractivity contribution is 5.89. The average molecular weight is 306 g/mol. The molecular formula is C13H13F3O5. The maximum atomic E-state index is 12.7. The van der Waals surface area contributed by atoms with Crippen LogP contribution in [0.4, 0.5) is 13.2 Å². The van der Waals surface area contributed by atoms with Gasteiger partial charge in [0.25, 0.3) is 0 Å². The Balaban J connectivity index is 2.79. The first-order chi connectivity index (χ1) is 9.74. The van der Waals surface area contributed by atoms with Crippen LogP contribution in [0.3, 0.4) is 0 Å². The molecule has 0 aliphatic heterocycles. The van der Waals surface area contributed by atoms with Crippen LogP contribution in [0.2, 0.25) is 0 Å². The van der Waals surface area contributed by atoms with Gasteiger partial charge in [-0.05, 0) is 31.2 Å². The zero-order valence-corrected chi connectivity index (χ0v) is 11.0. The molecule has 1 rings (SSSR count). The second-order valence-corrected chi connectivity index (χ2v) is 3.99. The van der Waals surface area contributed by atoms with Crippen LogP contribution in [0.1, 0.15) is 23.7 Å². The highest BCUT2D eigenvalue weighted by atomic mass is 19.4. The highest BCUT2D eigenvalue weighted by Crippen LogP contribution is 2.27. The summed E-state index contributed by atoms with van der Waals surface area (Å²) in [7, 11) is 0. The number of carbonyl (C=O) groups excluding carboxylic acids is 2. The van der Waals surface area contributed by atoms with Crippen molar-refractivity contribution in [2.24, 2.45) is 0 Å². The Labute approximate surface area is 118 Å². The van der Waals surface area contributed by atoms with Crippen LogP contribution < -0.4 is 0 Å². The third-order valence-corrected chi connectivity index (χ3v) is 2.37. The van der Waals surface area contributed by atoms with Crippen molar-refractivity contribution in [1.29, 1.82) is 0 Å². The van der Waals surface area contributed by atoms with E-state index in [1.807, 2.05) is 0 Å². The Morgan fingerprint density at radius 2 is 1.81 bits per heavy atom. The number of benzene rings is 1. The van der Waals surface area contributed by atoms with E-state index in [-0.39, 0.29) is 17.9 Å². The number of ether oxygens (including phenoxy) is 2. The van der Waals surface area contributed by atoms with E-state index in [1.165, 1.54) is 6.92 Å². The minimum absolute atomic E-state index is 0.0741. The number of hydrogen-bond donors (Lipinski definition) is 1. The SMILES string of the molecule is CCOC(=O)CC(OC(=O)c1ccc(O)cc1)C(F)(F)F. The average Bonchev–Trinajstić information content (AvgIpc) is 2.37. The molecule has 0 aliphatic rings. The quantitative estimate of drug-likeness (QED) is 0.846. The van der Waals surface area contributed by atoms with Gasteiger partial charge in [-0.25, -0.2) is 4.79 Å². The van der Waals surface area contributed by atoms with Crippen molar-refractivity contribution in [3.8, 4) is 5.75 Å². The Morgan fingerprint density at radius 1 is 1.24 bits per heavy atom. The van der Waals surface area contributed by atoms with Crippen LogP contribution in [0.25, 0.3) is 0 Å². The van der Waals surface area contributed by atoms with E-state index in [1.54, 1.807) is 0 Å². The normalized spacial score (nSPS) is 12.6. The van der Waals surface area contributed by atoms with Gasteiger partial charge in [0, 0.05) is 0 Å². The van der Waals surface area contributed by atoms with Crippen LogP contribution >= 0.6 is 0 Å². The smallest absolute Gasteiger partial charge is 0.426 e. The van der Waals surface area contributed by atoms with Crippen LogP contribution in [-0.2, 0) is 14.3 Å². The summed E-state index contributed by atoms with van der Waals surface area (Å²) in [6, 6.07) is 4.47. The van der Waals surface area contributed by atoms with E-state index in [4.69, 9.17) is 5.11 Å². The molecule has 1 N–H and O–H groups in total. The van der Waals surface area contributed by atoms with E-state index >= 15 is 0 Å². The lowest BCUT2D eigenvalue weighted by Gasteiger charge is -2.19. The number of rotatable bonds is 5. The summed E-state index contributed by atoms with van der Waals surface area (Å²) in [6.07, 6.45) is -8.58. The molecular weight excluding hydrogens is 293 g/mol. The minimum atomic E-state index is -4.89. The van der Waals surface area contributed by atoms with E-state index in [0.29, 0.717) is 0 Å². The number of alkyl halides is 3. The summed E-state index contributed by atoms with van der Waals surface area (Å²) < 4.78 is 46.9. The van der Waals surface area contributed by atoms with E-state index < -0.39 is 30.6 Å². The molecule has 0 aromatic heterocycles. The van der Waals surface area contributed by atoms with Crippen molar-refractivity contribution in [3.05, 3.63) is 29.8 Å². The predicted octanol–water partition coefficient (Wildman–Crippen LogP) is 2.43. The van der Waals surface area contributed by atoms with Crippen LogP contribution in [0.15, 0.2) is 24.3 Å². The van der Waals surface area contributed by atoms with Gasteiger partial charge in [-0.15, -0.1) is 0 Å². The Hall–Kier alpha value is -2.25. The van der Waals surface area contributed by atoms with Crippen molar-refractivity contribution in [1.82, 2.24) is 0 Å². The number of phenolic OH excluding ortho intramolecular Hbond substituents is 1. The van der Waals surface area contributed by atoms with Gasteiger partial charge in [-0.1, -0.05) is 0 Å². The molecule has 1 unspecified atom stereocenters. The van der Waals surface area contributed by atoms with Crippen molar-refractivity contribution < 1.29 is 37.3 Å². The number of hydrogen-bond acceptors (Lipinski definition) is 5. The Morgan fingerprint density at radius 3 is 2.29 bits per heavy atom. The number of phenols is 1. The van der Waals surface area contributed by atoms with Gasteiger partial charge in [0.15, 0.2) is 0 Å². The maximum Gasteiger partial charge on any atom is 0.426 e. The summed E-state index contributed by atoms with van der Waals surface area (Å²) in [4.78, 5) is 22.7. The maximum absolute atomic E-state index is 12.7. The van der Waals surface area contributed by atoms with Gasteiger partial charge in [-0.3, -0.25) is 4.79 Å². The van der Waals surface area contributed by atoms with E-state index in [9.17, 15) is 22.8 Å². The zero-order chi connectivity index (χ0) is 16.0.